The lowest BCUT2D eigenvalue weighted by molar-refractivity contribution is -0.155. The molecule has 4 nitrogen and oxygen atoms in total. The minimum absolute atomic E-state index is 0.129. The lowest BCUT2D eigenvalue weighted by Gasteiger charge is -2.30. The molecule has 1 aliphatic heterocycles. The van der Waals surface area contributed by atoms with Crippen LogP contribution in [0.5, 0.6) is 0 Å². The molecule has 18 heavy (non-hydrogen) atoms. The van der Waals surface area contributed by atoms with Crippen molar-refractivity contribution in [1.82, 2.24) is 0 Å². The smallest absolute Gasteiger partial charge is 0.339 e. The van der Waals surface area contributed by atoms with Crippen molar-refractivity contribution < 1.29 is 19.4 Å². The third-order valence-corrected chi connectivity index (χ3v) is 3.53. The Hall–Kier alpha value is -1.68. The standard InChI is InChI=1S/C14H16O4/c1-13(2)9-18-12(16)14(13,17)8-11(15)10-6-4-3-5-7-10/h3-7,17H,8-9H2,1-2H3/t14-/m0/s1. The number of cyclic esters (lactones) is 1. The molecule has 0 radical (unpaired) electrons. The zero-order chi connectivity index (χ0) is 13.4. The maximum atomic E-state index is 12.1. The molecular weight excluding hydrogens is 232 g/mol. The van der Waals surface area contributed by atoms with Crippen molar-refractivity contribution in [1.29, 1.82) is 0 Å². The van der Waals surface area contributed by atoms with Crippen LogP contribution in [0.25, 0.3) is 0 Å². The third-order valence-electron chi connectivity index (χ3n) is 3.53. The maximum Gasteiger partial charge on any atom is 0.339 e. The average Bonchev–Trinajstić information content (AvgIpc) is 2.54. The Kier molecular flexibility index (Phi) is 2.99. The number of carbonyl (C=O) groups excluding carboxylic acids is 2. The zero-order valence-electron chi connectivity index (χ0n) is 10.5. The molecule has 0 spiro atoms. The van der Waals surface area contributed by atoms with Gasteiger partial charge in [0.15, 0.2) is 11.4 Å². The molecule has 1 fully saturated rings. The highest BCUT2D eigenvalue weighted by molar-refractivity contribution is 6.00. The van der Waals surface area contributed by atoms with Crippen LogP contribution in [0.15, 0.2) is 30.3 Å². The molecule has 2 rings (SSSR count). The summed E-state index contributed by atoms with van der Waals surface area (Å²) in [4.78, 5) is 23.7. The zero-order valence-corrected chi connectivity index (χ0v) is 10.5. The van der Waals surface area contributed by atoms with E-state index >= 15 is 0 Å². The van der Waals surface area contributed by atoms with Gasteiger partial charge in [0.25, 0.3) is 0 Å². The van der Waals surface area contributed by atoms with Gasteiger partial charge < -0.3 is 9.84 Å². The van der Waals surface area contributed by atoms with Gasteiger partial charge in [0.2, 0.25) is 0 Å². The first kappa shape index (κ1) is 12.8. The topological polar surface area (TPSA) is 63.6 Å². The largest absolute Gasteiger partial charge is 0.463 e. The minimum Gasteiger partial charge on any atom is -0.463 e. The predicted octanol–water partition coefficient (Wildman–Crippen LogP) is 1.57. The van der Waals surface area contributed by atoms with E-state index < -0.39 is 17.0 Å². The van der Waals surface area contributed by atoms with Gasteiger partial charge in [0.05, 0.1) is 13.0 Å². The van der Waals surface area contributed by atoms with E-state index in [9.17, 15) is 14.7 Å². The minimum atomic E-state index is -1.74. The van der Waals surface area contributed by atoms with E-state index in [4.69, 9.17) is 4.74 Å². The molecule has 0 saturated carbocycles. The number of aliphatic hydroxyl groups is 1. The highest BCUT2D eigenvalue weighted by Crippen LogP contribution is 2.41. The number of hydrogen-bond donors (Lipinski definition) is 1. The fourth-order valence-corrected chi connectivity index (χ4v) is 2.03. The molecule has 0 amide bonds. The van der Waals surface area contributed by atoms with Crippen molar-refractivity contribution in [2.24, 2.45) is 5.41 Å². The van der Waals surface area contributed by atoms with Crippen molar-refractivity contribution in [3.05, 3.63) is 35.9 Å². The van der Waals surface area contributed by atoms with Gasteiger partial charge in [-0.1, -0.05) is 44.2 Å². The van der Waals surface area contributed by atoms with Crippen molar-refractivity contribution in [2.45, 2.75) is 25.9 Å². The first-order chi connectivity index (χ1) is 8.37. The van der Waals surface area contributed by atoms with E-state index in [1.807, 2.05) is 0 Å². The number of ketones is 1. The van der Waals surface area contributed by atoms with Gasteiger partial charge in [-0.25, -0.2) is 4.79 Å². The molecular formula is C14H16O4. The fourth-order valence-electron chi connectivity index (χ4n) is 2.03. The van der Waals surface area contributed by atoms with Crippen LogP contribution in [0.4, 0.5) is 0 Å². The second-order valence-corrected chi connectivity index (χ2v) is 5.29. The summed E-state index contributed by atoms with van der Waals surface area (Å²) in [5.41, 5.74) is -2.00. The van der Waals surface area contributed by atoms with E-state index in [0.717, 1.165) is 0 Å². The molecule has 0 bridgehead atoms. The molecule has 1 aromatic rings. The Morgan fingerprint density at radius 2 is 1.94 bits per heavy atom. The Morgan fingerprint density at radius 3 is 2.44 bits per heavy atom. The average molecular weight is 248 g/mol. The summed E-state index contributed by atoms with van der Waals surface area (Å²) < 4.78 is 4.88. The van der Waals surface area contributed by atoms with Gasteiger partial charge in [0, 0.05) is 11.0 Å². The fraction of sp³-hybridized carbons (Fsp3) is 0.429. The SMILES string of the molecule is CC1(C)COC(=O)[C@@]1(O)CC(=O)c1ccccc1. The van der Waals surface area contributed by atoms with Crippen molar-refractivity contribution in [2.75, 3.05) is 6.61 Å². The Labute approximate surface area is 106 Å². The molecule has 96 valence electrons. The Balaban J connectivity index is 2.23. The number of esters is 1. The molecule has 1 aromatic carbocycles. The summed E-state index contributed by atoms with van der Waals surface area (Å²) in [5, 5.41) is 10.4. The van der Waals surface area contributed by atoms with Crippen molar-refractivity contribution in [3.8, 4) is 0 Å². The summed E-state index contributed by atoms with van der Waals surface area (Å²) >= 11 is 0. The van der Waals surface area contributed by atoms with Gasteiger partial charge in [-0.2, -0.15) is 0 Å². The summed E-state index contributed by atoms with van der Waals surface area (Å²) in [7, 11) is 0. The summed E-state index contributed by atoms with van der Waals surface area (Å²) in [6.45, 7) is 3.57. The highest BCUT2D eigenvalue weighted by atomic mass is 16.6. The highest BCUT2D eigenvalue weighted by Gasteiger charge is 2.57. The van der Waals surface area contributed by atoms with Gasteiger partial charge >= 0.3 is 5.97 Å². The van der Waals surface area contributed by atoms with E-state index in [2.05, 4.69) is 0 Å². The lowest BCUT2D eigenvalue weighted by Crippen LogP contribution is -2.48. The Bertz CT molecular complexity index is 478. The van der Waals surface area contributed by atoms with Crippen LogP contribution in [0.2, 0.25) is 0 Å². The summed E-state index contributed by atoms with van der Waals surface area (Å²) in [5.74, 6) is -0.971. The number of carbonyl (C=O) groups is 2. The van der Waals surface area contributed by atoms with Gasteiger partial charge in [-0.05, 0) is 0 Å². The monoisotopic (exact) mass is 248 g/mol. The number of ether oxygens (including phenoxy) is 1. The first-order valence-electron chi connectivity index (χ1n) is 5.85. The predicted molar refractivity (Wildman–Crippen MR) is 65.1 cm³/mol. The number of Topliss-reactive ketones (excluding diaryl/α,β-unsaturated/α-hetero) is 1. The normalized spacial score (nSPS) is 25.8. The second-order valence-electron chi connectivity index (χ2n) is 5.29. The molecule has 0 aliphatic carbocycles. The molecule has 4 heteroatoms. The van der Waals surface area contributed by atoms with E-state index in [-0.39, 0.29) is 18.8 Å². The second kappa shape index (κ2) is 4.21. The van der Waals surface area contributed by atoms with Gasteiger partial charge in [-0.15, -0.1) is 0 Å². The maximum absolute atomic E-state index is 12.1. The molecule has 0 aromatic heterocycles. The van der Waals surface area contributed by atoms with Gasteiger partial charge in [-0.3, -0.25) is 4.79 Å². The van der Waals surface area contributed by atoms with E-state index in [1.165, 1.54) is 0 Å². The lowest BCUT2D eigenvalue weighted by atomic mass is 9.74. The number of rotatable bonds is 3. The van der Waals surface area contributed by atoms with E-state index in [0.29, 0.717) is 5.56 Å². The molecule has 1 N–H and O–H groups in total. The van der Waals surface area contributed by atoms with Crippen LogP contribution in [-0.2, 0) is 9.53 Å². The number of benzene rings is 1. The molecule has 0 unspecified atom stereocenters. The van der Waals surface area contributed by atoms with Crippen LogP contribution < -0.4 is 0 Å². The summed E-state index contributed by atoms with van der Waals surface area (Å²) in [6, 6.07) is 8.63. The first-order valence-corrected chi connectivity index (χ1v) is 5.85. The van der Waals surface area contributed by atoms with Crippen LogP contribution in [0, 0.1) is 5.41 Å². The van der Waals surface area contributed by atoms with Crippen LogP contribution in [0.3, 0.4) is 0 Å². The quantitative estimate of drug-likeness (QED) is 0.651. The third kappa shape index (κ3) is 1.93. The van der Waals surface area contributed by atoms with E-state index in [1.54, 1.807) is 44.2 Å². The molecule has 1 atom stereocenters. The summed E-state index contributed by atoms with van der Waals surface area (Å²) in [6.07, 6.45) is -0.247. The van der Waals surface area contributed by atoms with Gasteiger partial charge in [0.1, 0.15) is 0 Å². The Morgan fingerprint density at radius 1 is 1.33 bits per heavy atom. The molecule has 1 heterocycles. The van der Waals surface area contributed by atoms with Crippen LogP contribution in [0.1, 0.15) is 30.6 Å². The van der Waals surface area contributed by atoms with Crippen LogP contribution in [-0.4, -0.2) is 29.1 Å². The van der Waals surface area contributed by atoms with Crippen LogP contribution >= 0.6 is 0 Å². The van der Waals surface area contributed by atoms with Crippen molar-refractivity contribution >= 4 is 11.8 Å². The molecule has 1 saturated heterocycles. The van der Waals surface area contributed by atoms with Crippen molar-refractivity contribution in [3.63, 3.8) is 0 Å². The molecule has 1 aliphatic rings. The number of hydrogen-bond acceptors (Lipinski definition) is 4.